The van der Waals surface area contributed by atoms with E-state index in [1.807, 2.05) is 0 Å². The summed E-state index contributed by atoms with van der Waals surface area (Å²) in [6.45, 7) is 3.24. The molecule has 5 heteroatoms. The summed E-state index contributed by atoms with van der Waals surface area (Å²) in [5.74, 6) is 0. The summed E-state index contributed by atoms with van der Waals surface area (Å²) in [5.41, 5.74) is 0. The average Bonchev–Trinajstić information content (AvgIpc) is 1.25. The number of sulfonamides is 1. The molecule has 0 atom stereocenters. The molecule has 0 aliphatic rings. The lowest BCUT2D eigenvalue weighted by Gasteiger charge is -2.13. The van der Waals surface area contributed by atoms with Crippen LogP contribution in [0.1, 0.15) is 13.8 Å². The predicted octanol–water partition coefficient (Wildman–Crippen LogP) is -1.62. The highest BCUT2D eigenvalue weighted by molar-refractivity contribution is 7.91. The van der Waals surface area contributed by atoms with E-state index < -0.39 is 14.4 Å². The summed E-state index contributed by atoms with van der Waals surface area (Å²) in [6.07, 6.45) is 0. The lowest BCUT2D eigenvalue weighted by molar-refractivity contribution is 0.582. The fraction of sp³-hybridized carbons (Fsp3) is 1.00. The van der Waals surface area contributed by atoms with Crippen molar-refractivity contribution in [2.45, 2.75) is 18.2 Å². The van der Waals surface area contributed by atoms with Gasteiger partial charge >= 0.3 is 0 Å². The van der Waals surface area contributed by atoms with Crippen molar-refractivity contribution in [2.24, 2.45) is 5.14 Å². The molecule has 0 aromatic heterocycles. The van der Waals surface area contributed by atoms with Crippen molar-refractivity contribution in [1.29, 1.82) is 0 Å². The van der Waals surface area contributed by atoms with Crippen LogP contribution < -0.4 is 5.14 Å². The van der Waals surface area contributed by atoms with Gasteiger partial charge in [-0.25, -0.2) is 13.6 Å². The predicted molar refractivity (Wildman–Crippen MR) is 37.1 cm³/mol. The minimum atomic E-state index is -3.28. The summed E-state index contributed by atoms with van der Waals surface area (Å²) >= 11 is 0. The smallest absolute Gasteiger partial charge is 0.210 e. The first-order chi connectivity index (χ1) is 3.25. The fourth-order valence-electron chi connectivity index (χ4n) is 0. The molecule has 0 saturated heterocycles. The standard InChI is InChI=1S/C3H11NO2SSi/c1-3(2,8)7(4,5)6/h1-2,8H3,(H2,4,5,6). The molecule has 8 heavy (non-hydrogen) atoms. The molecule has 0 saturated carbocycles. The largest absolute Gasteiger partial charge is 0.229 e. The van der Waals surface area contributed by atoms with E-state index in [9.17, 15) is 8.42 Å². The zero-order chi connectivity index (χ0) is 7.00. The molecule has 0 radical (unpaired) electrons. The second kappa shape index (κ2) is 1.82. The number of hydrogen-bond acceptors (Lipinski definition) is 2. The molecule has 0 rings (SSSR count). The van der Waals surface area contributed by atoms with E-state index >= 15 is 0 Å². The molecule has 50 valence electrons. The number of rotatable bonds is 1. The molecular formula is C3H11NO2SSi. The number of primary sulfonamides is 1. The minimum Gasteiger partial charge on any atom is -0.229 e. The van der Waals surface area contributed by atoms with Gasteiger partial charge in [-0.05, 0) is 13.8 Å². The molecule has 0 aliphatic carbocycles. The SMILES string of the molecule is CC(C)([SiH3])S(N)(=O)=O. The Bertz CT molecular complexity index is 166. The normalized spacial score (nSPS) is 14.4. The van der Waals surface area contributed by atoms with Crippen LogP contribution in [0.5, 0.6) is 0 Å². The van der Waals surface area contributed by atoms with Crippen LogP contribution in [-0.2, 0) is 10.0 Å². The van der Waals surface area contributed by atoms with E-state index in [1.165, 1.54) is 0 Å². The van der Waals surface area contributed by atoms with Gasteiger partial charge in [-0.15, -0.1) is 0 Å². The Kier molecular flexibility index (Phi) is 1.85. The lowest BCUT2D eigenvalue weighted by Crippen LogP contribution is -2.37. The van der Waals surface area contributed by atoms with Gasteiger partial charge in [-0.3, -0.25) is 0 Å². The van der Waals surface area contributed by atoms with Crippen LogP contribution in [0.4, 0.5) is 0 Å². The van der Waals surface area contributed by atoms with Crippen LogP contribution in [0.3, 0.4) is 0 Å². The summed E-state index contributed by atoms with van der Waals surface area (Å²) in [7, 11) is -2.70. The molecular weight excluding hydrogens is 142 g/mol. The molecule has 2 N–H and O–H groups in total. The molecule has 0 spiro atoms. The summed E-state index contributed by atoms with van der Waals surface area (Å²) in [5, 5.41) is 4.82. The monoisotopic (exact) mass is 153 g/mol. The third-order valence-corrected chi connectivity index (χ3v) is 4.27. The molecule has 0 unspecified atom stereocenters. The van der Waals surface area contributed by atoms with Gasteiger partial charge in [0.05, 0.1) is 4.37 Å². The van der Waals surface area contributed by atoms with Gasteiger partial charge < -0.3 is 0 Å². The Hall–Kier alpha value is 0.127. The highest BCUT2D eigenvalue weighted by atomic mass is 32.2. The van der Waals surface area contributed by atoms with Gasteiger partial charge in [0.1, 0.15) is 0 Å². The minimum absolute atomic E-state index is 0.574. The molecule has 3 nitrogen and oxygen atoms in total. The molecule has 0 heterocycles. The Morgan fingerprint density at radius 2 is 1.62 bits per heavy atom. The highest BCUT2D eigenvalue weighted by Crippen LogP contribution is 2.04. The first-order valence-corrected chi connectivity index (χ1v) is 4.82. The molecule has 0 aliphatic heterocycles. The van der Waals surface area contributed by atoms with Crippen LogP contribution in [-0.4, -0.2) is 23.0 Å². The van der Waals surface area contributed by atoms with Crippen molar-refractivity contribution in [3.8, 4) is 0 Å². The first kappa shape index (κ1) is 8.13. The van der Waals surface area contributed by atoms with E-state index in [-0.39, 0.29) is 0 Å². The summed E-state index contributed by atoms with van der Waals surface area (Å²) < 4.78 is 20.3. The Morgan fingerprint density at radius 3 is 1.62 bits per heavy atom. The van der Waals surface area contributed by atoms with Crippen molar-refractivity contribution < 1.29 is 8.42 Å². The van der Waals surface area contributed by atoms with Crippen LogP contribution in [0, 0.1) is 0 Å². The van der Waals surface area contributed by atoms with Crippen LogP contribution >= 0.6 is 0 Å². The number of hydrogen-bond donors (Lipinski definition) is 1. The van der Waals surface area contributed by atoms with Crippen molar-refractivity contribution >= 4 is 20.3 Å². The van der Waals surface area contributed by atoms with E-state index in [2.05, 4.69) is 0 Å². The molecule has 0 bridgehead atoms. The van der Waals surface area contributed by atoms with E-state index in [0.29, 0.717) is 10.2 Å². The third kappa shape index (κ3) is 1.93. The van der Waals surface area contributed by atoms with Gasteiger partial charge in [0.15, 0.2) is 0 Å². The van der Waals surface area contributed by atoms with Crippen molar-refractivity contribution in [3.63, 3.8) is 0 Å². The maximum Gasteiger partial charge on any atom is 0.210 e. The average molecular weight is 153 g/mol. The second-order valence-electron chi connectivity index (χ2n) is 2.66. The van der Waals surface area contributed by atoms with Gasteiger partial charge in [0.25, 0.3) is 0 Å². The van der Waals surface area contributed by atoms with Crippen LogP contribution in [0.25, 0.3) is 0 Å². The number of nitrogens with two attached hydrogens (primary N) is 1. The quantitative estimate of drug-likeness (QED) is 0.460. The second-order valence-corrected chi connectivity index (χ2v) is 8.20. The van der Waals surface area contributed by atoms with Crippen LogP contribution in [0.2, 0.25) is 0 Å². The third-order valence-electron chi connectivity index (χ3n) is 0.854. The topological polar surface area (TPSA) is 60.2 Å². The summed E-state index contributed by atoms with van der Waals surface area (Å²) in [4.78, 5) is 0. The first-order valence-electron chi connectivity index (χ1n) is 2.27. The zero-order valence-electron chi connectivity index (χ0n) is 5.30. The van der Waals surface area contributed by atoms with E-state index in [4.69, 9.17) is 5.14 Å². The highest BCUT2D eigenvalue weighted by Gasteiger charge is 2.23. The molecule has 0 amide bonds. The Labute approximate surface area is 52.7 Å². The van der Waals surface area contributed by atoms with Crippen molar-refractivity contribution in [1.82, 2.24) is 0 Å². The molecule has 0 fully saturated rings. The van der Waals surface area contributed by atoms with E-state index in [0.717, 1.165) is 0 Å². The zero-order valence-corrected chi connectivity index (χ0v) is 8.12. The van der Waals surface area contributed by atoms with Gasteiger partial charge in [-0.2, -0.15) is 0 Å². The fourth-order valence-corrected chi connectivity index (χ4v) is 0. The Morgan fingerprint density at radius 1 is 1.50 bits per heavy atom. The Balaban J connectivity index is 4.53. The molecule has 0 aromatic carbocycles. The maximum absolute atomic E-state index is 10.5. The van der Waals surface area contributed by atoms with Crippen molar-refractivity contribution in [3.05, 3.63) is 0 Å². The van der Waals surface area contributed by atoms with Crippen molar-refractivity contribution in [2.75, 3.05) is 0 Å². The summed E-state index contributed by atoms with van der Waals surface area (Å²) in [6, 6.07) is 0. The maximum atomic E-state index is 10.5. The van der Waals surface area contributed by atoms with Gasteiger partial charge in [-0.1, -0.05) is 0 Å². The lowest BCUT2D eigenvalue weighted by atomic mass is 10.5. The molecule has 0 aromatic rings. The van der Waals surface area contributed by atoms with Crippen LogP contribution in [0.15, 0.2) is 0 Å². The van der Waals surface area contributed by atoms with Gasteiger partial charge in [0, 0.05) is 10.2 Å². The van der Waals surface area contributed by atoms with Gasteiger partial charge in [0.2, 0.25) is 10.0 Å². The van der Waals surface area contributed by atoms with E-state index in [1.54, 1.807) is 13.8 Å².